The minimum Gasteiger partial charge on any atom is -0.454 e. The molecule has 0 N–H and O–H groups in total. The second-order valence-electron chi connectivity index (χ2n) is 5.06. The van der Waals surface area contributed by atoms with Crippen LogP contribution in [0.3, 0.4) is 0 Å². The number of rotatable bonds is 2. The number of amides is 1. The van der Waals surface area contributed by atoms with Crippen LogP contribution in [-0.4, -0.2) is 27.0 Å². The molecule has 0 fully saturated rings. The third-order valence-corrected chi connectivity index (χ3v) is 4.77. The number of aromatic nitrogens is 3. The molecule has 0 unspecified atom stereocenters. The van der Waals surface area contributed by atoms with E-state index in [1.807, 2.05) is 23.6 Å². The van der Waals surface area contributed by atoms with Crippen molar-refractivity contribution in [3.8, 4) is 11.5 Å². The highest BCUT2D eigenvalue weighted by molar-refractivity contribution is 7.16. The van der Waals surface area contributed by atoms with Gasteiger partial charge in [-0.2, -0.15) is 10.1 Å². The van der Waals surface area contributed by atoms with Gasteiger partial charge in [0, 0.05) is 31.9 Å². The average molecular weight is 330 g/mol. The molecule has 0 saturated carbocycles. The number of nitrogens with zero attached hydrogens (tertiary/aromatic N) is 4. The lowest BCUT2D eigenvalue weighted by molar-refractivity contribution is 0.0989. The van der Waals surface area contributed by atoms with E-state index in [0.29, 0.717) is 17.0 Å². The molecule has 4 rings (SSSR count). The number of hydrogen-bond acceptors (Lipinski definition) is 5. The van der Waals surface area contributed by atoms with Crippen LogP contribution in [0.4, 0.5) is 0 Å². The van der Waals surface area contributed by atoms with Crippen molar-refractivity contribution >= 4 is 27.5 Å². The molecule has 1 amide bonds. The van der Waals surface area contributed by atoms with E-state index in [0.717, 1.165) is 21.7 Å². The highest BCUT2D eigenvalue weighted by Gasteiger charge is 2.18. The van der Waals surface area contributed by atoms with Gasteiger partial charge in [0.25, 0.3) is 5.91 Å². The molecule has 0 spiro atoms. The second-order valence-corrected chi connectivity index (χ2v) is 6.07. The molecule has 3 aromatic rings. The minimum absolute atomic E-state index is 0.245. The summed E-state index contributed by atoms with van der Waals surface area (Å²) in [6, 6.07) is 5.53. The first-order valence-corrected chi connectivity index (χ1v) is 7.99. The maximum Gasteiger partial charge on any atom is 0.297 e. The first-order valence-electron chi connectivity index (χ1n) is 7.17. The molecule has 3 heterocycles. The Kier molecular flexibility index (Phi) is 3.19. The van der Waals surface area contributed by atoms with Gasteiger partial charge in [-0.25, -0.2) is 0 Å². The fourth-order valence-corrected chi connectivity index (χ4v) is 3.68. The maximum atomic E-state index is 12.4. The Morgan fingerprint density at radius 3 is 2.87 bits per heavy atom. The summed E-state index contributed by atoms with van der Waals surface area (Å²) in [5.74, 6) is 1.15. The number of aryl methyl sites for hydroxylation is 2. The predicted molar refractivity (Wildman–Crippen MR) is 84.7 cm³/mol. The van der Waals surface area contributed by atoms with E-state index in [4.69, 9.17) is 9.47 Å². The molecule has 0 radical (unpaired) electrons. The molecular formula is C15H14N4O3S. The van der Waals surface area contributed by atoms with Crippen LogP contribution in [0.1, 0.15) is 17.4 Å². The van der Waals surface area contributed by atoms with E-state index >= 15 is 0 Å². The molecule has 2 aromatic heterocycles. The van der Waals surface area contributed by atoms with Crippen molar-refractivity contribution in [2.75, 3.05) is 6.79 Å². The molecule has 0 aliphatic carbocycles. The Morgan fingerprint density at radius 1 is 1.39 bits per heavy atom. The number of hydrogen-bond donors (Lipinski definition) is 0. The smallest absolute Gasteiger partial charge is 0.297 e. The zero-order valence-electron chi connectivity index (χ0n) is 12.6. The van der Waals surface area contributed by atoms with Crippen LogP contribution in [0.25, 0.3) is 10.2 Å². The number of thiazole rings is 1. The van der Waals surface area contributed by atoms with Crippen molar-refractivity contribution in [1.29, 1.82) is 0 Å². The molecule has 0 atom stereocenters. The van der Waals surface area contributed by atoms with Crippen molar-refractivity contribution in [2.45, 2.75) is 13.5 Å². The molecule has 0 saturated heterocycles. The van der Waals surface area contributed by atoms with E-state index < -0.39 is 0 Å². The fourth-order valence-electron chi connectivity index (χ4n) is 2.58. The van der Waals surface area contributed by atoms with Gasteiger partial charge in [-0.15, -0.1) is 0 Å². The van der Waals surface area contributed by atoms with Gasteiger partial charge in [-0.3, -0.25) is 9.48 Å². The van der Waals surface area contributed by atoms with Crippen molar-refractivity contribution in [2.24, 2.45) is 12.0 Å². The van der Waals surface area contributed by atoms with Crippen molar-refractivity contribution < 1.29 is 14.3 Å². The fraction of sp³-hybridized carbons (Fsp3) is 0.267. The average Bonchev–Trinajstić information content (AvgIpc) is 3.22. The summed E-state index contributed by atoms with van der Waals surface area (Å²) in [4.78, 5) is 17.3. The third-order valence-electron chi connectivity index (χ3n) is 3.73. The molecule has 1 aromatic carbocycles. The van der Waals surface area contributed by atoms with E-state index in [1.165, 1.54) is 16.0 Å². The van der Waals surface area contributed by atoms with Crippen LogP contribution in [-0.2, 0) is 13.6 Å². The monoisotopic (exact) mass is 330 g/mol. The lowest BCUT2D eigenvalue weighted by Crippen LogP contribution is -2.17. The topological polar surface area (TPSA) is 70.6 Å². The van der Waals surface area contributed by atoms with Crippen LogP contribution >= 0.6 is 11.3 Å². The predicted octanol–water partition coefficient (Wildman–Crippen LogP) is 1.93. The van der Waals surface area contributed by atoms with Gasteiger partial charge in [0.2, 0.25) is 6.79 Å². The molecule has 23 heavy (non-hydrogen) atoms. The van der Waals surface area contributed by atoms with Gasteiger partial charge in [0.05, 0.1) is 10.2 Å². The van der Waals surface area contributed by atoms with Gasteiger partial charge in [0.15, 0.2) is 16.3 Å². The Morgan fingerprint density at radius 2 is 2.17 bits per heavy atom. The lowest BCUT2D eigenvalue weighted by atomic mass is 10.3. The van der Waals surface area contributed by atoms with E-state index in [2.05, 4.69) is 10.1 Å². The molecule has 0 bridgehead atoms. The van der Waals surface area contributed by atoms with Gasteiger partial charge >= 0.3 is 0 Å². The summed E-state index contributed by atoms with van der Waals surface area (Å²) in [5, 5.41) is 4.01. The zero-order chi connectivity index (χ0) is 16.0. The first kappa shape index (κ1) is 14.0. The van der Waals surface area contributed by atoms with Crippen LogP contribution in [0.2, 0.25) is 0 Å². The normalized spacial score (nSPS) is 13.9. The molecular weight excluding hydrogens is 316 g/mol. The second kappa shape index (κ2) is 5.24. The third kappa shape index (κ3) is 2.22. The SMILES string of the molecule is CCn1c(=NC(=O)c2ccnn2C)sc2cc3c(cc21)OCO3. The highest BCUT2D eigenvalue weighted by Crippen LogP contribution is 2.36. The largest absolute Gasteiger partial charge is 0.454 e. The van der Waals surface area contributed by atoms with E-state index in [9.17, 15) is 4.79 Å². The van der Waals surface area contributed by atoms with Gasteiger partial charge in [0.1, 0.15) is 5.69 Å². The standard InChI is InChI=1S/C15H14N4O3S/c1-3-19-10-6-11-12(22-8-21-11)7-13(10)23-15(19)17-14(20)9-4-5-16-18(9)2/h4-7H,3,8H2,1-2H3. The minimum atomic E-state index is -0.307. The Labute approximate surface area is 135 Å². The van der Waals surface area contributed by atoms with Gasteiger partial charge < -0.3 is 14.0 Å². The summed E-state index contributed by atoms with van der Waals surface area (Å²) in [6.45, 7) is 2.97. The summed E-state index contributed by atoms with van der Waals surface area (Å²) in [6.07, 6.45) is 1.58. The Hall–Kier alpha value is -2.61. The van der Waals surface area contributed by atoms with Crippen LogP contribution in [0, 0.1) is 0 Å². The quantitative estimate of drug-likeness (QED) is 0.720. The van der Waals surface area contributed by atoms with Crippen molar-refractivity contribution in [3.63, 3.8) is 0 Å². The lowest BCUT2D eigenvalue weighted by Gasteiger charge is -2.01. The molecule has 118 valence electrons. The maximum absolute atomic E-state index is 12.4. The van der Waals surface area contributed by atoms with Gasteiger partial charge in [-0.1, -0.05) is 11.3 Å². The van der Waals surface area contributed by atoms with Crippen molar-refractivity contribution in [1.82, 2.24) is 14.3 Å². The number of ether oxygens (including phenoxy) is 2. The number of benzene rings is 1. The summed E-state index contributed by atoms with van der Waals surface area (Å²) < 4.78 is 15.4. The molecule has 7 nitrogen and oxygen atoms in total. The molecule has 8 heteroatoms. The summed E-state index contributed by atoms with van der Waals surface area (Å²) in [5.41, 5.74) is 1.44. The highest BCUT2D eigenvalue weighted by atomic mass is 32.1. The van der Waals surface area contributed by atoms with Crippen LogP contribution in [0.5, 0.6) is 11.5 Å². The molecule has 1 aliphatic rings. The number of carbonyl (C=O) groups excluding carboxylic acids is 1. The molecule has 1 aliphatic heterocycles. The van der Waals surface area contributed by atoms with Crippen molar-refractivity contribution in [3.05, 3.63) is 34.9 Å². The Balaban J connectivity index is 1.88. The number of fused-ring (bicyclic) bond motifs is 2. The van der Waals surface area contributed by atoms with Crippen LogP contribution in [0.15, 0.2) is 29.4 Å². The Bertz CT molecular complexity index is 982. The first-order chi connectivity index (χ1) is 11.2. The zero-order valence-corrected chi connectivity index (χ0v) is 13.5. The van der Waals surface area contributed by atoms with E-state index in [1.54, 1.807) is 19.3 Å². The van der Waals surface area contributed by atoms with E-state index in [-0.39, 0.29) is 12.7 Å². The van der Waals surface area contributed by atoms with Crippen LogP contribution < -0.4 is 14.3 Å². The van der Waals surface area contributed by atoms with Gasteiger partial charge in [-0.05, 0) is 13.0 Å². The number of carbonyl (C=O) groups is 1. The summed E-state index contributed by atoms with van der Waals surface area (Å²) >= 11 is 1.46. The summed E-state index contributed by atoms with van der Waals surface area (Å²) in [7, 11) is 1.72.